The number of hydrogen-bond acceptors (Lipinski definition) is 5. The number of pyridine rings is 3. The van der Waals surface area contributed by atoms with Gasteiger partial charge in [-0.2, -0.15) is 0 Å². The molecule has 0 unspecified atom stereocenters. The number of carbonyl (C=O) groups is 1. The van der Waals surface area contributed by atoms with Gasteiger partial charge in [-0.3, -0.25) is 19.6 Å². The van der Waals surface area contributed by atoms with E-state index in [0.717, 1.165) is 21.8 Å². The summed E-state index contributed by atoms with van der Waals surface area (Å²) in [5, 5.41) is 2.77. The van der Waals surface area contributed by atoms with E-state index in [2.05, 4.69) is 20.3 Å². The average molecular weight is 414 g/mol. The van der Waals surface area contributed by atoms with Crippen molar-refractivity contribution in [1.82, 2.24) is 15.0 Å². The number of nitrogens with one attached hydrogen (secondary N) is 2. The topological polar surface area (TPSA) is 87.7 Å². The van der Waals surface area contributed by atoms with Crippen molar-refractivity contribution in [2.24, 2.45) is 0 Å². The minimum absolute atomic E-state index is 0.0582. The van der Waals surface area contributed by atoms with Crippen molar-refractivity contribution in [2.45, 2.75) is 10.6 Å². The lowest BCUT2D eigenvalue weighted by molar-refractivity contribution is 0.102. The normalized spacial score (nSPS) is 10.5. The molecule has 0 aliphatic heterocycles. The Morgan fingerprint density at radius 2 is 1.73 bits per heavy atom. The van der Waals surface area contributed by atoms with Crippen LogP contribution in [0.15, 0.2) is 95.1 Å². The minimum atomic E-state index is -0.451. The van der Waals surface area contributed by atoms with Gasteiger partial charge in [0.15, 0.2) is 0 Å². The third-order valence-electron chi connectivity index (χ3n) is 4.39. The lowest BCUT2D eigenvalue weighted by Crippen LogP contribution is -2.23. The van der Waals surface area contributed by atoms with Crippen LogP contribution in [0, 0.1) is 0 Å². The highest BCUT2D eigenvalue weighted by atomic mass is 32.2. The van der Waals surface area contributed by atoms with Crippen LogP contribution in [0.1, 0.15) is 15.9 Å². The van der Waals surface area contributed by atoms with Crippen LogP contribution < -0.4 is 10.9 Å². The fourth-order valence-corrected chi connectivity index (χ4v) is 3.67. The molecule has 0 spiro atoms. The molecule has 0 atom stereocenters. The van der Waals surface area contributed by atoms with E-state index >= 15 is 0 Å². The molecule has 0 radical (unpaired) electrons. The zero-order valence-corrected chi connectivity index (χ0v) is 16.7. The standard InChI is InChI=1S/C23H18N4O2S/c28-22(20-7-8-21(27-23(20)29)17-9-12-24-13-10-17)26-18-3-5-19(6-4-18)30-15-16-2-1-11-25-14-16/h1-14H,15H2,(H,26,28)(H,27,29). The largest absolute Gasteiger partial charge is 0.322 e. The van der Waals surface area contributed by atoms with Crippen LogP contribution in [0.25, 0.3) is 11.3 Å². The Kier molecular flexibility index (Phi) is 6.01. The van der Waals surface area contributed by atoms with Crippen molar-refractivity contribution < 1.29 is 4.79 Å². The Labute approximate surface area is 177 Å². The predicted octanol–water partition coefficient (Wildman–Crippen LogP) is 4.38. The number of aromatic nitrogens is 3. The van der Waals surface area contributed by atoms with E-state index in [4.69, 9.17) is 0 Å². The number of hydrogen-bond donors (Lipinski definition) is 2. The summed E-state index contributed by atoms with van der Waals surface area (Å²) in [6.45, 7) is 0. The lowest BCUT2D eigenvalue weighted by Gasteiger charge is -2.07. The van der Waals surface area contributed by atoms with Gasteiger partial charge >= 0.3 is 0 Å². The van der Waals surface area contributed by atoms with Crippen LogP contribution in [0.3, 0.4) is 0 Å². The maximum absolute atomic E-state index is 12.5. The number of thioether (sulfide) groups is 1. The molecular weight excluding hydrogens is 396 g/mol. The first-order valence-corrected chi connectivity index (χ1v) is 10.2. The molecule has 6 nitrogen and oxygen atoms in total. The number of carbonyl (C=O) groups excluding carboxylic acids is 1. The van der Waals surface area contributed by atoms with Crippen LogP contribution in [-0.2, 0) is 5.75 Å². The molecule has 0 bridgehead atoms. The Hall–Kier alpha value is -3.71. The summed E-state index contributed by atoms with van der Waals surface area (Å²) in [6, 6.07) is 18.3. The van der Waals surface area contributed by atoms with Crippen LogP contribution in [0.2, 0.25) is 0 Å². The first kappa shape index (κ1) is 19.6. The molecule has 2 N–H and O–H groups in total. The molecule has 4 aromatic rings. The van der Waals surface area contributed by atoms with Crippen molar-refractivity contribution >= 4 is 23.4 Å². The van der Waals surface area contributed by atoms with E-state index < -0.39 is 11.5 Å². The zero-order valence-electron chi connectivity index (χ0n) is 15.9. The molecule has 3 aromatic heterocycles. The van der Waals surface area contributed by atoms with Gasteiger partial charge in [0, 0.05) is 52.4 Å². The minimum Gasteiger partial charge on any atom is -0.322 e. The SMILES string of the molecule is O=C(Nc1ccc(SCc2cccnc2)cc1)c1ccc(-c2ccncc2)[nH]c1=O. The van der Waals surface area contributed by atoms with E-state index in [1.807, 2.05) is 42.6 Å². The fourth-order valence-electron chi connectivity index (χ4n) is 2.84. The summed E-state index contributed by atoms with van der Waals surface area (Å²) < 4.78 is 0. The van der Waals surface area contributed by atoms with E-state index in [1.165, 1.54) is 6.07 Å². The number of anilines is 1. The quantitative estimate of drug-likeness (QED) is 0.457. The number of benzene rings is 1. The number of rotatable bonds is 6. The van der Waals surface area contributed by atoms with Crippen LogP contribution in [0.4, 0.5) is 5.69 Å². The molecule has 0 fully saturated rings. The van der Waals surface area contributed by atoms with Crippen molar-refractivity contribution in [3.63, 3.8) is 0 Å². The van der Waals surface area contributed by atoms with Gasteiger partial charge in [0.2, 0.25) is 0 Å². The Balaban J connectivity index is 1.40. The summed E-state index contributed by atoms with van der Waals surface area (Å²) in [4.78, 5) is 36.8. The first-order chi connectivity index (χ1) is 14.7. The van der Waals surface area contributed by atoms with Crippen molar-refractivity contribution in [1.29, 1.82) is 0 Å². The molecule has 0 saturated carbocycles. The molecule has 148 valence electrons. The molecule has 0 aliphatic rings. The predicted molar refractivity (Wildman–Crippen MR) is 118 cm³/mol. The summed E-state index contributed by atoms with van der Waals surface area (Å²) >= 11 is 1.69. The third-order valence-corrected chi connectivity index (χ3v) is 5.47. The molecule has 0 aliphatic carbocycles. The van der Waals surface area contributed by atoms with Gasteiger partial charge in [-0.1, -0.05) is 6.07 Å². The molecule has 1 aromatic carbocycles. The summed E-state index contributed by atoms with van der Waals surface area (Å²) in [5.74, 6) is 0.368. The van der Waals surface area contributed by atoms with Gasteiger partial charge in [-0.25, -0.2) is 0 Å². The molecule has 1 amide bonds. The highest BCUT2D eigenvalue weighted by Crippen LogP contribution is 2.24. The van der Waals surface area contributed by atoms with Crippen LogP contribution in [0.5, 0.6) is 0 Å². The summed E-state index contributed by atoms with van der Waals surface area (Å²) in [7, 11) is 0. The monoisotopic (exact) mass is 414 g/mol. The zero-order chi connectivity index (χ0) is 20.8. The lowest BCUT2D eigenvalue weighted by atomic mass is 10.1. The average Bonchev–Trinajstić information content (AvgIpc) is 2.80. The maximum Gasteiger partial charge on any atom is 0.261 e. The molecule has 30 heavy (non-hydrogen) atoms. The number of amides is 1. The Bertz CT molecular complexity index is 1190. The van der Waals surface area contributed by atoms with E-state index in [-0.39, 0.29) is 5.56 Å². The maximum atomic E-state index is 12.5. The number of H-pyrrole nitrogens is 1. The molecular formula is C23H18N4O2S. The van der Waals surface area contributed by atoms with Gasteiger partial charge in [0.25, 0.3) is 11.5 Å². The number of aromatic amines is 1. The molecule has 7 heteroatoms. The van der Waals surface area contributed by atoms with Gasteiger partial charge in [-0.15, -0.1) is 11.8 Å². The molecule has 0 saturated heterocycles. The number of nitrogens with zero attached hydrogens (tertiary/aromatic N) is 2. The highest BCUT2D eigenvalue weighted by molar-refractivity contribution is 7.98. The first-order valence-electron chi connectivity index (χ1n) is 9.26. The molecule has 3 heterocycles. The smallest absolute Gasteiger partial charge is 0.261 e. The van der Waals surface area contributed by atoms with Gasteiger partial charge in [-0.05, 0) is 60.2 Å². The van der Waals surface area contributed by atoms with Crippen molar-refractivity contribution in [3.05, 3.63) is 107 Å². The second kappa shape index (κ2) is 9.19. The van der Waals surface area contributed by atoms with Crippen LogP contribution >= 0.6 is 11.8 Å². The third kappa shape index (κ3) is 4.82. The highest BCUT2D eigenvalue weighted by Gasteiger charge is 2.12. The van der Waals surface area contributed by atoms with Crippen molar-refractivity contribution in [2.75, 3.05) is 5.32 Å². The Morgan fingerprint density at radius 1 is 0.933 bits per heavy atom. The summed E-state index contributed by atoms with van der Waals surface area (Å²) in [5.41, 5.74) is 2.85. The summed E-state index contributed by atoms with van der Waals surface area (Å²) in [6.07, 6.45) is 6.89. The molecule has 4 rings (SSSR count). The van der Waals surface area contributed by atoms with Gasteiger partial charge in [0.1, 0.15) is 5.56 Å². The second-order valence-electron chi connectivity index (χ2n) is 6.48. The fraction of sp³-hybridized carbons (Fsp3) is 0.0435. The van der Waals surface area contributed by atoms with E-state index in [1.54, 1.807) is 48.6 Å². The second-order valence-corrected chi connectivity index (χ2v) is 7.53. The van der Waals surface area contributed by atoms with Gasteiger partial charge in [0.05, 0.1) is 0 Å². The Morgan fingerprint density at radius 3 is 2.43 bits per heavy atom. The van der Waals surface area contributed by atoms with Crippen molar-refractivity contribution in [3.8, 4) is 11.3 Å². The van der Waals surface area contributed by atoms with E-state index in [9.17, 15) is 9.59 Å². The van der Waals surface area contributed by atoms with E-state index in [0.29, 0.717) is 11.4 Å². The van der Waals surface area contributed by atoms with Crippen LogP contribution in [-0.4, -0.2) is 20.9 Å². The van der Waals surface area contributed by atoms with Gasteiger partial charge < -0.3 is 10.3 Å².